The summed E-state index contributed by atoms with van der Waals surface area (Å²) in [5, 5.41) is 0.696. The molecule has 3 heterocycles. The van der Waals surface area contributed by atoms with Crippen LogP contribution in [0.2, 0.25) is 5.02 Å². The molecule has 0 spiro atoms. The molecule has 1 aromatic carbocycles. The zero-order valence-electron chi connectivity index (χ0n) is 19.6. The molecule has 6 nitrogen and oxygen atoms in total. The van der Waals surface area contributed by atoms with E-state index in [1.54, 1.807) is 6.20 Å². The van der Waals surface area contributed by atoms with Crippen molar-refractivity contribution in [2.24, 2.45) is 5.41 Å². The fourth-order valence-corrected chi connectivity index (χ4v) is 3.97. The Labute approximate surface area is 204 Å². The van der Waals surface area contributed by atoms with Gasteiger partial charge in [0.2, 0.25) is 5.88 Å². The van der Waals surface area contributed by atoms with Crippen LogP contribution in [0.1, 0.15) is 37.7 Å². The number of hydrogen-bond donors (Lipinski definition) is 0. The molecule has 0 fully saturated rings. The molecule has 7 heteroatoms. The predicted molar refractivity (Wildman–Crippen MR) is 133 cm³/mol. The molecule has 0 aliphatic rings. The van der Waals surface area contributed by atoms with E-state index in [2.05, 4.69) is 9.55 Å². The molecule has 0 aliphatic heterocycles. The van der Waals surface area contributed by atoms with Crippen LogP contribution in [0.25, 0.3) is 11.0 Å². The van der Waals surface area contributed by atoms with Crippen LogP contribution in [0.5, 0.6) is 5.88 Å². The van der Waals surface area contributed by atoms with Crippen LogP contribution >= 0.6 is 11.6 Å². The smallest absolute Gasteiger partial charge is 0.311 e. The minimum atomic E-state index is -0.680. The van der Waals surface area contributed by atoms with Crippen LogP contribution in [-0.4, -0.2) is 27.1 Å². The van der Waals surface area contributed by atoms with Gasteiger partial charge < -0.3 is 14.0 Å². The summed E-state index contributed by atoms with van der Waals surface area (Å²) in [6.07, 6.45) is 2.25. The molecule has 176 valence electrons. The molecule has 0 radical (unpaired) electrons. The van der Waals surface area contributed by atoms with Crippen LogP contribution in [0, 0.1) is 5.41 Å². The summed E-state index contributed by atoms with van der Waals surface area (Å²) < 4.78 is 13.4. The summed E-state index contributed by atoms with van der Waals surface area (Å²) in [5.74, 6) is 0.309. The van der Waals surface area contributed by atoms with Crippen molar-refractivity contribution in [3.05, 3.63) is 88.8 Å². The Morgan fingerprint density at radius 1 is 1.09 bits per heavy atom. The predicted octanol–water partition coefficient (Wildman–Crippen LogP) is 5.84. The Bertz CT molecular complexity index is 1270. The fourth-order valence-electron chi connectivity index (χ4n) is 3.84. The van der Waals surface area contributed by atoms with Crippen LogP contribution in [0.15, 0.2) is 66.9 Å². The van der Waals surface area contributed by atoms with Crippen molar-refractivity contribution in [1.29, 1.82) is 0 Å². The summed E-state index contributed by atoms with van der Waals surface area (Å²) >= 11 is 6.08. The van der Waals surface area contributed by atoms with Crippen molar-refractivity contribution in [3.8, 4) is 5.88 Å². The van der Waals surface area contributed by atoms with Crippen molar-refractivity contribution in [1.82, 2.24) is 14.5 Å². The molecule has 4 aromatic rings. The van der Waals surface area contributed by atoms with Gasteiger partial charge in [-0.3, -0.25) is 9.78 Å². The topological polar surface area (TPSA) is 66.2 Å². The molecule has 0 saturated heterocycles. The highest BCUT2D eigenvalue weighted by Crippen LogP contribution is 2.30. The van der Waals surface area contributed by atoms with E-state index in [-0.39, 0.29) is 5.97 Å². The molecule has 0 bridgehead atoms. The van der Waals surface area contributed by atoms with E-state index in [0.717, 1.165) is 28.0 Å². The average molecular weight is 478 g/mol. The number of aromatic nitrogens is 3. The van der Waals surface area contributed by atoms with E-state index < -0.39 is 5.41 Å². The van der Waals surface area contributed by atoms with Gasteiger partial charge in [0.25, 0.3) is 0 Å². The number of benzene rings is 1. The zero-order chi connectivity index (χ0) is 24.1. The Hall–Kier alpha value is -3.38. The van der Waals surface area contributed by atoms with Crippen LogP contribution in [0.4, 0.5) is 0 Å². The lowest BCUT2D eigenvalue weighted by Crippen LogP contribution is -2.30. The van der Waals surface area contributed by atoms with Crippen LogP contribution < -0.4 is 4.74 Å². The lowest BCUT2D eigenvalue weighted by atomic mass is 9.88. The maximum atomic E-state index is 12.6. The van der Waals surface area contributed by atoms with Crippen LogP contribution in [-0.2, 0) is 29.1 Å². The summed E-state index contributed by atoms with van der Waals surface area (Å²) in [4.78, 5) is 21.6. The van der Waals surface area contributed by atoms with Gasteiger partial charge in [0, 0.05) is 35.9 Å². The Morgan fingerprint density at radius 3 is 2.59 bits per heavy atom. The number of carbonyl (C=O) groups excluding carboxylic acids is 1. The van der Waals surface area contributed by atoms with Crippen molar-refractivity contribution in [3.63, 3.8) is 0 Å². The van der Waals surface area contributed by atoms with Gasteiger partial charge >= 0.3 is 5.97 Å². The summed E-state index contributed by atoms with van der Waals surface area (Å²) in [6, 6.07) is 19.4. The fraction of sp³-hybridized carbons (Fsp3) is 0.296. The molecule has 3 aromatic heterocycles. The van der Waals surface area contributed by atoms with E-state index in [1.165, 1.54) is 0 Å². The van der Waals surface area contributed by atoms with Crippen molar-refractivity contribution >= 4 is 28.6 Å². The lowest BCUT2D eigenvalue weighted by molar-refractivity contribution is -0.153. The maximum Gasteiger partial charge on any atom is 0.311 e. The number of carbonyl (C=O) groups is 1. The highest BCUT2D eigenvalue weighted by atomic mass is 35.5. The molecular formula is C27H28ClN3O3. The molecular weight excluding hydrogens is 450 g/mol. The summed E-state index contributed by atoms with van der Waals surface area (Å²) in [7, 11) is 0. The van der Waals surface area contributed by atoms with Gasteiger partial charge in [0.15, 0.2) is 0 Å². The summed E-state index contributed by atoms with van der Waals surface area (Å²) in [5.41, 5.74) is 4.03. The number of ether oxygens (including phenoxy) is 2. The number of pyridine rings is 2. The van der Waals surface area contributed by atoms with Gasteiger partial charge in [0.1, 0.15) is 6.61 Å². The third-order valence-electron chi connectivity index (χ3n) is 5.62. The highest BCUT2D eigenvalue weighted by Gasteiger charge is 2.31. The van der Waals surface area contributed by atoms with E-state index in [9.17, 15) is 4.79 Å². The van der Waals surface area contributed by atoms with Gasteiger partial charge in [-0.25, -0.2) is 4.98 Å². The first-order valence-corrected chi connectivity index (χ1v) is 11.7. The number of esters is 1. The largest absolute Gasteiger partial charge is 0.471 e. The molecule has 0 aliphatic carbocycles. The molecule has 0 atom stereocenters. The second-order valence-electron chi connectivity index (χ2n) is 8.79. The van der Waals surface area contributed by atoms with E-state index >= 15 is 0 Å². The first-order chi connectivity index (χ1) is 16.4. The third kappa shape index (κ3) is 5.57. The van der Waals surface area contributed by atoms with Crippen molar-refractivity contribution in [2.75, 3.05) is 6.61 Å². The molecule has 0 amide bonds. The molecule has 4 rings (SSSR count). The van der Waals surface area contributed by atoms with Crippen molar-refractivity contribution < 1.29 is 14.3 Å². The van der Waals surface area contributed by atoms with Gasteiger partial charge in [-0.05, 0) is 62.7 Å². The standard InChI is InChI=1S/C27H28ClN3O3/c1-4-33-26(32)27(2,3)16-22-15-23-24(31(22)17-19-8-10-20(28)11-9-19)12-13-25(30-23)34-18-21-7-5-6-14-29-21/h5-15H,4,16-18H2,1-3H3. The monoisotopic (exact) mass is 477 g/mol. The van der Waals surface area contributed by atoms with Crippen LogP contribution in [0.3, 0.4) is 0 Å². The SMILES string of the molecule is CCOC(=O)C(C)(C)Cc1cc2nc(OCc3ccccn3)ccc2n1Cc1ccc(Cl)cc1. The number of halogens is 1. The van der Waals surface area contributed by atoms with E-state index in [0.29, 0.717) is 37.1 Å². The normalized spacial score (nSPS) is 11.5. The van der Waals surface area contributed by atoms with Gasteiger partial charge in [-0.1, -0.05) is 29.8 Å². The molecule has 0 N–H and O–H groups in total. The molecule has 0 saturated carbocycles. The lowest BCUT2D eigenvalue weighted by Gasteiger charge is -2.23. The average Bonchev–Trinajstić information content (AvgIpc) is 3.15. The Balaban J connectivity index is 1.67. The van der Waals surface area contributed by atoms with E-state index in [4.69, 9.17) is 26.1 Å². The maximum absolute atomic E-state index is 12.6. The molecule has 0 unspecified atom stereocenters. The first-order valence-electron chi connectivity index (χ1n) is 11.3. The quantitative estimate of drug-likeness (QED) is 0.283. The number of nitrogens with zero attached hydrogens (tertiary/aromatic N) is 3. The number of rotatable bonds is 9. The third-order valence-corrected chi connectivity index (χ3v) is 5.87. The van der Waals surface area contributed by atoms with Gasteiger partial charge in [0.05, 0.1) is 28.7 Å². The minimum absolute atomic E-state index is 0.217. The Morgan fingerprint density at radius 2 is 1.88 bits per heavy atom. The summed E-state index contributed by atoms with van der Waals surface area (Å²) in [6.45, 7) is 6.96. The van der Waals surface area contributed by atoms with Gasteiger partial charge in [-0.2, -0.15) is 0 Å². The Kier molecular flexibility index (Phi) is 7.17. The van der Waals surface area contributed by atoms with E-state index in [1.807, 2.05) is 81.4 Å². The first kappa shape index (κ1) is 23.8. The highest BCUT2D eigenvalue weighted by molar-refractivity contribution is 6.30. The minimum Gasteiger partial charge on any atom is -0.471 e. The molecule has 34 heavy (non-hydrogen) atoms. The second kappa shape index (κ2) is 10.3. The van der Waals surface area contributed by atoms with Gasteiger partial charge in [-0.15, -0.1) is 0 Å². The number of fused-ring (bicyclic) bond motifs is 1. The number of hydrogen-bond acceptors (Lipinski definition) is 5. The second-order valence-corrected chi connectivity index (χ2v) is 9.23. The zero-order valence-corrected chi connectivity index (χ0v) is 20.4. The van der Waals surface area contributed by atoms with Crippen molar-refractivity contribution in [2.45, 2.75) is 40.3 Å².